The molecule has 2 amide bonds. The maximum Gasteiger partial charge on any atom is 0.362 e. The summed E-state index contributed by atoms with van der Waals surface area (Å²) >= 11 is 0.953. The molecule has 0 saturated carbocycles. The number of β-lactam (4-membered cyclic amide) rings is 1. The number of likely N-dealkylation sites (N-methyl/N-ethyl adjacent to an activating group) is 1. The molecule has 0 aliphatic carbocycles. The van der Waals surface area contributed by atoms with Crippen molar-refractivity contribution in [3.8, 4) is 5.75 Å². The van der Waals surface area contributed by atoms with Crippen LogP contribution in [0.4, 0.5) is 5.13 Å². The Bertz CT molecular complexity index is 1580. The molecule has 238 valence electrons. The van der Waals surface area contributed by atoms with Gasteiger partial charge in [-0.2, -0.15) is 8.42 Å². The summed E-state index contributed by atoms with van der Waals surface area (Å²) in [6, 6.07) is 5.24. The lowest BCUT2D eigenvalue weighted by Crippen LogP contribution is -2.77. The number of nitrogens with one attached hydrogen (secondary N) is 3. The van der Waals surface area contributed by atoms with Crippen molar-refractivity contribution in [1.82, 2.24) is 24.8 Å². The van der Waals surface area contributed by atoms with Gasteiger partial charge < -0.3 is 35.9 Å². The molecule has 1 aromatic heterocycles. The van der Waals surface area contributed by atoms with Crippen LogP contribution in [-0.2, 0) is 29.5 Å². The van der Waals surface area contributed by atoms with Crippen molar-refractivity contribution in [2.24, 2.45) is 5.16 Å². The largest absolute Gasteiger partial charge is 0.489 e. The molecule has 2 fully saturated rings. The van der Waals surface area contributed by atoms with Crippen molar-refractivity contribution < 1.29 is 42.0 Å². The summed E-state index contributed by atoms with van der Waals surface area (Å²) in [6.45, 7) is 3.88. The van der Waals surface area contributed by atoms with Crippen LogP contribution in [0.1, 0.15) is 31.5 Å². The fraction of sp³-hybridized carbons (Fsp3) is 0.440. The van der Waals surface area contributed by atoms with Crippen LogP contribution in [0, 0.1) is 5.41 Å². The number of aliphatic carboxylic acids is 1. The van der Waals surface area contributed by atoms with Gasteiger partial charge in [-0.1, -0.05) is 5.16 Å². The van der Waals surface area contributed by atoms with Crippen molar-refractivity contribution in [2.75, 3.05) is 32.5 Å². The molecular weight excluding hydrogens is 620 g/mol. The Morgan fingerprint density at radius 1 is 1.30 bits per heavy atom. The second kappa shape index (κ2) is 12.7. The van der Waals surface area contributed by atoms with E-state index in [0.717, 1.165) is 30.8 Å². The van der Waals surface area contributed by atoms with Gasteiger partial charge in [0.1, 0.15) is 29.9 Å². The second-order valence-corrected chi connectivity index (χ2v) is 12.8. The quantitative estimate of drug-likeness (QED) is 0.0557. The van der Waals surface area contributed by atoms with E-state index in [1.807, 2.05) is 7.05 Å². The predicted molar refractivity (Wildman–Crippen MR) is 158 cm³/mol. The first kappa shape index (κ1) is 32.6. The van der Waals surface area contributed by atoms with Crippen LogP contribution in [0.2, 0.25) is 0 Å². The Kier molecular flexibility index (Phi) is 9.42. The van der Waals surface area contributed by atoms with Crippen molar-refractivity contribution in [3.63, 3.8) is 0 Å². The molecule has 0 spiro atoms. The molecule has 17 nitrogen and oxygen atoms in total. The number of hydrogen-bond donors (Lipinski definition) is 6. The minimum Gasteiger partial charge on any atom is -0.489 e. The highest BCUT2D eigenvalue weighted by molar-refractivity contribution is 7.84. The molecule has 2 saturated heterocycles. The summed E-state index contributed by atoms with van der Waals surface area (Å²) in [6.07, 6.45) is -0.758. The van der Waals surface area contributed by atoms with Gasteiger partial charge in [-0.3, -0.25) is 19.6 Å². The smallest absolute Gasteiger partial charge is 0.362 e. The van der Waals surface area contributed by atoms with Crippen LogP contribution in [0.15, 0.2) is 34.8 Å². The molecule has 44 heavy (non-hydrogen) atoms. The molecule has 0 unspecified atom stereocenters. The number of anilines is 1. The first-order valence-corrected chi connectivity index (χ1v) is 15.4. The van der Waals surface area contributed by atoms with E-state index in [1.165, 1.54) is 19.2 Å². The number of thiazole rings is 1. The number of carbonyl (C=O) groups excluding carboxylic acids is 2. The van der Waals surface area contributed by atoms with Gasteiger partial charge in [0, 0.05) is 23.5 Å². The van der Waals surface area contributed by atoms with E-state index >= 15 is 0 Å². The molecule has 19 heteroatoms. The lowest BCUT2D eigenvalue weighted by Gasteiger charge is -2.50. The monoisotopic (exact) mass is 652 g/mol. The molecule has 2 aromatic rings. The third kappa shape index (κ3) is 7.24. The maximum absolute atomic E-state index is 13.1. The number of aromatic nitrogens is 1. The van der Waals surface area contributed by atoms with E-state index < -0.39 is 58.1 Å². The zero-order chi connectivity index (χ0) is 32.4. The van der Waals surface area contributed by atoms with Gasteiger partial charge in [0.2, 0.25) is 0 Å². The molecule has 7 N–H and O–H groups in total. The van der Waals surface area contributed by atoms with Crippen molar-refractivity contribution in [1.29, 1.82) is 5.41 Å². The summed E-state index contributed by atoms with van der Waals surface area (Å²) in [5, 5.41) is 28.6. The van der Waals surface area contributed by atoms with Gasteiger partial charge in [-0.15, -0.1) is 11.3 Å². The highest BCUT2D eigenvalue weighted by Crippen LogP contribution is 2.34. The van der Waals surface area contributed by atoms with E-state index in [-0.39, 0.29) is 27.0 Å². The first-order valence-electron chi connectivity index (χ1n) is 13.1. The van der Waals surface area contributed by atoms with Gasteiger partial charge in [0.15, 0.2) is 10.8 Å². The molecule has 0 bridgehead atoms. The number of benzene rings is 1. The molecule has 1 aromatic carbocycles. The van der Waals surface area contributed by atoms with Crippen LogP contribution >= 0.6 is 11.3 Å². The normalized spacial score (nSPS) is 20.9. The number of nitrogen functional groups attached to an aromatic ring is 1. The Hall–Kier alpha value is -4.33. The standard InChI is InChI=1S/C25H32N8O9S2/c1-25(2)19(22(35)33(25)44(38,39)40)30-21(34)18(16-12-43-24(27)29-16)31-42-17(23(36)37)11-41-15-6-4-13(5-7-15)20(26)28-14-8-9-32(3)10-14/h4-7,12,14,17,19H,8-11H2,1-3H3,(H2,26,28)(H2,27,29)(H,30,34)(H,36,37)(H,38,39,40)/b31-18-/t14-,17-,19+/m0/s1. The number of nitrogens with zero attached hydrogens (tertiary/aromatic N) is 4. The Labute approximate surface area is 256 Å². The average Bonchev–Trinajstić information content (AvgIpc) is 3.55. The third-order valence-corrected chi connectivity index (χ3v) is 8.78. The number of likely N-dealkylation sites (tertiary alicyclic amines) is 1. The number of ether oxygens (including phenoxy) is 1. The maximum atomic E-state index is 13.1. The number of rotatable bonds is 12. The number of amidine groups is 1. The van der Waals surface area contributed by atoms with Crippen LogP contribution in [0.3, 0.4) is 0 Å². The minimum atomic E-state index is -4.88. The lowest BCUT2D eigenvalue weighted by atomic mass is 9.85. The van der Waals surface area contributed by atoms with E-state index in [9.17, 15) is 32.5 Å². The SMILES string of the molecule is CN1CC[C@H](NC(=N)c2ccc(OC[C@H](O/N=C(\C(=O)N[C@@H]3C(=O)N(S(=O)(=O)O)C3(C)C)c3csc(N)n3)C(=O)O)cc2)C1. The van der Waals surface area contributed by atoms with Crippen molar-refractivity contribution in [2.45, 2.75) is 44.0 Å². The van der Waals surface area contributed by atoms with Gasteiger partial charge in [-0.25, -0.2) is 14.1 Å². The minimum absolute atomic E-state index is 0.0542. The van der Waals surface area contributed by atoms with Crippen LogP contribution in [0.5, 0.6) is 5.75 Å². The first-order chi connectivity index (χ1) is 20.6. The number of oxime groups is 1. The zero-order valence-corrected chi connectivity index (χ0v) is 25.5. The zero-order valence-electron chi connectivity index (χ0n) is 23.9. The number of carboxylic acid groups (broad SMARTS) is 1. The number of carboxylic acids is 1. The number of amides is 2. The fourth-order valence-electron chi connectivity index (χ4n) is 4.70. The van der Waals surface area contributed by atoms with Crippen LogP contribution in [-0.4, -0.2) is 112 Å². The predicted octanol–water partition coefficient (Wildman–Crippen LogP) is -0.494. The molecule has 3 heterocycles. The topological polar surface area (TPSA) is 250 Å². The Morgan fingerprint density at radius 2 is 1.98 bits per heavy atom. The highest BCUT2D eigenvalue weighted by atomic mass is 32.2. The summed E-state index contributed by atoms with van der Waals surface area (Å²) < 4.78 is 38.2. The fourth-order valence-corrected chi connectivity index (χ4v) is 6.28. The molecule has 2 aliphatic rings. The highest BCUT2D eigenvalue weighted by Gasteiger charge is 2.60. The average molecular weight is 653 g/mol. The molecule has 2 aliphatic heterocycles. The van der Waals surface area contributed by atoms with E-state index in [2.05, 4.69) is 25.7 Å². The Balaban J connectivity index is 1.42. The van der Waals surface area contributed by atoms with Gasteiger partial charge in [0.05, 0.1) is 5.54 Å². The molecule has 3 atom stereocenters. The third-order valence-electron chi connectivity index (χ3n) is 6.99. The second-order valence-electron chi connectivity index (χ2n) is 10.7. The Morgan fingerprint density at radius 3 is 2.50 bits per heavy atom. The van der Waals surface area contributed by atoms with E-state index in [0.29, 0.717) is 11.3 Å². The van der Waals surface area contributed by atoms with Crippen molar-refractivity contribution in [3.05, 3.63) is 40.9 Å². The molecular formula is C25H32N8O9S2. The van der Waals surface area contributed by atoms with Crippen molar-refractivity contribution >= 4 is 56.1 Å². The number of carbonyl (C=O) groups is 3. The number of nitrogens with two attached hydrogens (primary N) is 1. The summed E-state index contributed by atoms with van der Waals surface area (Å²) in [5.41, 5.74) is 4.13. The van der Waals surface area contributed by atoms with E-state index in [4.69, 9.17) is 20.7 Å². The van der Waals surface area contributed by atoms with Crippen LogP contribution in [0.25, 0.3) is 0 Å². The van der Waals surface area contributed by atoms with Gasteiger partial charge in [0.25, 0.3) is 17.9 Å². The summed E-state index contributed by atoms with van der Waals surface area (Å²) in [7, 11) is -2.86. The van der Waals surface area contributed by atoms with Gasteiger partial charge >= 0.3 is 16.3 Å². The molecule has 0 radical (unpaired) electrons. The van der Waals surface area contributed by atoms with Gasteiger partial charge in [-0.05, 0) is 58.1 Å². The van der Waals surface area contributed by atoms with E-state index in [1.54, 1.807) is 24.3 Å². The number of hydrogen-bond acceptors (Lipinski definition) is 13. The molecule has 4 rings (SSSR count). The lowest BCUT2D eigenvalue weighted by molar-refractivity contribution is -0.152. The van der Waals surface area contributed by atoms with Crippen LogP contribution < -0.4 is 21.1 Å². The summed E-state index contributed by atoms with van der Waals surface area (Å²) in [4.78, 5) is 48.7. The summed E-state index contributed by atoms with van der Waals surface area (Å²) in [5.74, 6) is -3.06.